The molecule has 0 radical (unpaired) electrons. The summed E-state index contributed by atoms with van der Waals surface area (Å²) in [4.78, 5) is 23.4. The zero-order valence-electron chi connectivity index (χ0n) is 9.99. The zero-order chi connectivity index (χ0) is 12.4. The maximum absolute atomic E-state index is 11.8. The lowest BCUT2D eigenvalue weighted by Gasteiger charge is -2.07. The molecule has 0 saturated heterocycles. The third-order valence-corrected chi connectivity index (χ3v) is 2.89. The van der Waals surface area contributed by atoms with Crippen LogP contribution in [0, 0.1) is 0 Å². The number of fused-ring (bicyclic) bond motifs is 1. The molecular weight excluding hydrogens is 212 g/mol. The van der Waals surface area contributed by atoms with Crippen molar-refractivity contribution in [2.45, 2.75) is 20.3 Å². The van der Waals surface area contributed by atoms with Crippen molar-refractivity contribution in [3.8, 4) is 0 Å². The van der Waals surface area contributed by atoms with Gasteiger partial charge in [-0.15, -0.1) is 0 Å². The highest BCUT2D eigenvalue weighted by Crippen LogP contribution is 2.21. The average Bonchev–Trinajstić information content (AvgIpc) is 2.36. The summed E-state index contributed by atoms with van der Waals surface area (Å²) in [5.41, 5.74) is 1.06. The van der Waals surface area contributed by atoms with Crippen LogP contribution >= 0.6 is 0 Å². The number of benzene rings is 2. The van der Waals surface area contributed by atoms with E-state index in [1.807, 2.05) is 30.3 Å². The fourth-order valence-corrected chi connectivity index (χ4v) is 1.95. The first kappa shape index (κ1) is 11.5. The lowest BCUT2D eigenvalue weighted by molar-refractivity contribution is 0.0966. The van der Waals surface area contributed by atoms with Crippen LogP contribution in [0.4, 0.5) is 0 Å². The SMILES string of the molecule is CCC(=O)c1cc2ccccc2cc1C(C)=O. The molecule has 0 bridgehead atoms. The summed E-state index contributed by atoms with van der Waals surface area (Å²) >= 11 is 0. The molecule has 0 aliphatic rings. The van der Waals surface area contributed by atoms with E-state index in [9.17, 15) is 9.59 Å². The number of carbonyl (C=O) groups is 2. The first-order chi connectivity index (χ1) is 8.13. The molecule has 0 spiro atoms. The first-order valence-electron chi connectivity index (χ1n) is 5.70. The van der Waals surface area contributed by atoms with Crippen LogP contribution in [0.3, 0.4) is 0 Å². The van der Waals surface area contributed by atoms with E-state index in [1.54, 1.807) is 13.0 Å². The van der Waals surface area contributed by atoms with E-state index < -0.39 is 0 Å². The van der Waals surface area contributed by atoms with Crippen molar-refractivity contribution in [3.63, 3.8) is 0 Å². The van der Waals surface area contributed by atoms with Gasteiger partial charge in [-0.1, -0.05) is 31.2 Å². The maximum atomic E-state index is 11.8. The monoisotopic (exact) mass is 226 g/mol. The summed E-state index contributed by atoms with van der Waals surface area (Å²) in [5.74, 6) is -0.0477. The molecule has 0 amide bonds. The average molecular weight is 226 g/mol. The lowest BCUT2D eigenvalue weighted by atomic mass is 9.95. The topological polar surface area (TPSA) is 34.1 Å². The fraction of sp³-hybridized carbons (Fsp3) is 0.200. The van der Waals surface area contributed by atoms with Crippen LogP contribution < -0.4 is 0 Å². The molecule has 2 rings (SSSR count). The van der Waals surface area contributed by atoms with Crippen molar-refractivity contribution in [1.29, 1.82) is 0 Å². The van der Waals surface area contributed by atoms with Gasteiger partial charge >= 0.3 is 0 Å². The Morgan fingerprint density at radius 2 is 1.53 bits per heavy atom. The number of ketones is 2. The normalized spacial score (nSPS) is 10.5. The molecule has 17 heavy (non-hydrogen) atoms. The molecule has 2 heteroatoms. The summed E-state index contributed by atoms with van der Waals surface area (Å²) < 4.78 is 0. The number of hydrogen-bond donors (Lipinski definition) is 0. The number of hydrogen-bond acceptors (Lipinski definition) is 2. The van der Waals surface area contributed by atoms with Crippen molar-refractivity contribution in [3.05, 3.63) is 47.5 Å². The van der Waals surface area contributed by atoms with Crippen molar-refractivity contribution >= 4 is 22.3 Å². The van der Waals surface area contributed by atoms with Crippen LogP contribution in [0.1, 0.15) is 41.0 Å². The molecular formula is C15H14O2. The van der Waals surface area contributed by atoms with Gasteiger partial charge in [0.2, 0.25) is 0 Å². The van der Waals surface area contributed by atoms with Crippen LogP contribution in [0.25, 0.3) is 10.8 Å². The molecule has 0 unspecified atom stereocenters. The van der Waals surface area contributed by atoms with Crippen molar-refractivity contribution in [2.24, 2.45) is 0 Å². The molecule has 0 saturated carbocycles. The van der Waals surface area contributed by atoms with Crippen LogP contribution in [0.5, 0.6) is 0 Å². The highest BCUT2D eigenvalue weighted by atomic mass is 16.1. The van der Waals surface area contributed by atoms with Gasteiger partial charge in [0.15, 0.2) is 11.6 Å². The number of rotatable bonds is 3. The summed E-state index contributed by atoms with van der Waals surface area (Å²) in [6, 6.07) is 11.4. The van der Waals surface area contributed by atoms with Gasteiger partial charge in [0.05, 0.1) is 0 Å². The van der Waals surface area contributed by atoms with Gasteiger partial charge in [0.25, 0.3) is 0 Å². The van der Waals surface area contributed by atoms with Gasteiger partial charge in [-0.3, -0.25) is 9.59 Å². The molecule has 0 atom stereocenters. The minimum absolute atomic E-state index is 0.0148. The highest BCUT2D eigenvalue weighted by Gasteiger charge is 2.14. The smallest absolute Gasteiger partial charge is 0.163 e. The van der Waals surface area contributed by atoms with Gasteiger partial charge in [-0.25, -0.2) is 0 Å². The van der Waals surface area contributed by atoms with Gasteiger partial charge in [-0.05, 0) is 29.8 Å². The Labute approximate surface area is 100 Å². The number of carbonyl (C=O) groups excluding carboxylic acids is 2. The second kappa shape index (κ2) is 4.50. The Bertz CT molecular complexity index is 597. The predicted molar refractivity (Wildman–Crippen MR) is 68.6 cm³/mol. The molecule has 2 nitrogen and oxygen atoms in total. The summed E-state index contributed by atoms with van der Waals surface area (Å²) in [7, 11) is 0. The van der Waals surface area contributed by atoms with E-state index in [2.05, 4.69) is 0 Å². The molecule has 0 aromatic heterocycles. The lowest BCUT2D eigenvalue weighted by Crippen LogP contribution is -2.06. The van der Waals surface area contributed by atoms with E-state index in [4.69, 9.17) is 0 Å². The van der Waals surface area contributed by atoms with Gasteiger partial charge in [0, 0.05) is 17.5 Å². The fourth-order valence-electron chi connectivity index (χ4n) is 1.95. The van der Waals surface area contributed by atoms with E-state index in [0.29, 0.717) is 17.5 Å². The van der Waals surface area contributed by atoms with E-state index in [1.165, 1.54) is 6.92 Å². The predicted octanol–water partition coefficient (Wildman–Crippen LogP) is 3.64. The molecule has 2 aromatic rings. The molecule has 2 aromatic carbocycles. The minimum atomic E-state index is -0.0625. The Morgan fingerprint density at radius 3 is 2.00 bits per heavy atom. The first-order valence-corrected chi connectivity index (χ1v) is 5.70. The maximum Gasteiger partial charge on any atom is 0.163 e. The van der Waals surface area contributed by atoms with Gasteiger partial charge in [-0.2, -0.15) is 0 Å². The summed E-state index contributed by atoms with van der Waals surface area (Å²) in [5, 5.41) is 1.99. The molecule has 0 heterocycles. The quantitative estimate of drug-likeness (QED) is 0.749. The van der Waals surface area contributed by atoms with Crippen molar-refractivity contribution in [1.82, 2.24) is 0 Å². The Morgan fingerprint density at radius 1 is 1.00 bits per heavy atom. The molecule has 0 aliphatic carbocycles. The number of Topliss-reactive ketones (excluding diaryl/α,β-unsaturated/α-hetero) is 2. The zero-order valence-corrected chi connectivity index (χ0v) is 9.99. The van der Waals surface area contributed by atoms with Crippen LogP contribution in [-0.2, 0) is 0 Å². The summed E-state index contributed by atoms with van der Waals surface area (Å²) in [6.07, 6.45) is 0.415. The molecule has 0 fully saturated rings. The Balaban J connectivity index is 2.75. The van der Waals surface area contributed by atoms with Gasteiger partial charge < -0.3 is 0 Å². The summed E-state index contributed by atoms with van der Waals surface area (Å²) in [6.45, 7) is 3.30. The third-order valence-electron chi connectivity index (χ3n) is 2.89. The van der Waals surface area contributed by atoms with Crippen molar-refractivity contribution < 1.29 is 9.59 Å². The van der Waals surface area contributed by atoms with Crippen molar-refractivity contribution in [2.75, 3.05) is 0 Å². The van der Waals surface area contributed by atoms with E-state index >= 15 is 0 Å². The largest absolute Gasteiger partial charge is 0.294 e. The second-order valence-corrected chi connectivity index (χ2v) is 4.08. The van der Waals surface area contributed by atoms with Crippen LogP contribution in [0.15, 0.2) is 36.4 Å². The Kier molecular flexibility index (Phi) is 3.05. The molecule has 0 N–H and O–H groups in total. The second-order valence-electron chi connectivity index (χ2n) is 4.08. The van der Waals surface area contributed by atoms with Gasteiger partial charge in [0.1, 0.15) is 0 Å². The third kappa shape index (κ3) is 2.11. The Hall–Kier alpha value is -1.96. The van der Waals surface area contributed by atoms with E-state index in [0.717, 1.165) is 10.8 Å². The molecule has 86 valence electrons. The van der Waals surface area contributed by atoms with Crippen LogP contribution in [-0.4, -0.2) is 11.6 Å². The van der Waals surface area contributed by atoms with E-state index in [-0.39, 0.29) is 11.6 Å². The van der Waals surface area contributed by atoms with Crippen LogP contribution in [0.2, 0.25) is 0 Å². The standard InChI is InChI=1S/C15H14O2/c1-3-15(17)14-9-12-7-5-4-6-11(12)8-13(14)10(2)16/h4-9H,3H2,1-2H3. The highest BCUT2D eigenvalue weighted by molar-refractivity contribution is 6.11. The minimum Gasteiger partial charge on any atom is -0.294 e. The molecule has 0 aliphatic heterocycles.